The summed E-state index contributed by atoms with van der Waals surface area (Å²) in [5.41, 5.74) is 0.304. The third kappa shape index (κ3) is 2.59. The predicted molar refractivity (Wildman–Crippen MR) is 72.1 cm³/mol. The summed E-state index contributed by atoms with van der Waals surface area (Å²) < 4.78 is 13.9. The van der Waals surface area contributed by atoms with Gasteiger partial charge in [0.05, 0.1) is 17.2 Å². The number of fused-ring (bicyclic) bond motifs is 1. The van der Waals surface area contributed by atoms with E-state index in [-0.39, 0.29) is 30.1 Å². The maximum atomic E-state index is 13.9. The molecule has 0 fully saturated rings. The van der Waals surface area contributed by atoms with Crippen LogP contribution in [0.4, 0.5) is 15.8 Å². The van der Waals surface area contributed by atoms with E-state index in [2.05, 4.69) is 5.32 Å². The van der Waals surface area contributed by atoms with Crippen LogP contribution < -0.4 is 34.2 Å². The molecule has 2 aromatic carbocycles. The molecule has 1 unspecified atom stereocenters. The number of carboxylic acid groups (broad SMARTS) is 1. The first kappa shape index (κ1) is 16.1. The predicted octanol–water partition coefficient (Wildman–Crippen LogP) is -2.02. The average Bonchev–Trinajstić information content (AvgIpc) is 2.47. The monoisotopic (exact) mass is 292 g/mol. The van der Waals surface area contributed by atoms with Gasteiger partial charge in [-0.25, -0.2) is 4.39 Å². The summed E-state index contributed by atoms with van der Waals surface area (Å²) in [5, 5.41) is 13.9. The van der Waals surface area contributed by atoms with Gasteiger partial charge in [-0.1, -0.05) is 24.3 Å². The summed E-state index contributed by atoms with van der Waals surface area (Å²) in [5.74, 6) is -2.90. The normalized spacial score (nSPS) is 16.3. The number of anilines is 2. The summed E-state index contributed by atoms with van der Waals surface area (Å²) in [6, 6.07) is 12.2. The van der Waals surface area contributed by atoms with E-state index >= 15 is 0 Å². The van der Waals surface area contributed by atoms with E-state index in [0.717, 1.165) is 11.0 Å². The number of hydrogen-bond acceptors (Lipinski definition) is 4. The van der Waals surface area contributed by atoms with Crippen molar-refractivity contribution in [3.8, 4) is 0 Å². The Morgan fingerprint density at radius 2 is 1.82 bits per heavy atom. The number of amides is 1. The molecule has 0 bridgehead atoms. The molecule has 1 amide bonds. The molecular weight excluding hydrogens is 282 g/mol. The van der Waals surface area contributed by atoms with E-state index in [0.29, 0.717) is 5.69 Å². The molecule has 0 spiro atoms. The van der Waals surface area contributed by atoms with Crippen molar-refractivity contribution >= 4 is 23.3 Å². The van der Waals surface area contributed by atoms with Crippen LogP contribution in [-0.4, -0.2) is 18.0 Å². The van der Waals surface area contributed by atoms with E-state index in [1.165, 1.54) is 12.1 Å². The molecule has 1 aliphatic heterocycles. The van der Waals surface area contributed by atoms with E-state index in [1.54, 1.807) is 30.3 Å². The smallest absolute Gasteiger partial charge is 0.546 e. The van der Waals surface area contributed by atoms with E-state index in [1.807, 2.05) is 0 Å². The molecule has 106 valence electrons. The molecule has 1 N–H and O–H groups in total. The summed E-state index contributed by atoms with van der Waals surface area (Å²) >= 11 is 0. The maximum absolute atomic E-state index is 13.9. The van der Waals surface area contributed by atoms with Crippen molar-refractivity contribution in [3.05, 3.63) is 59.9 Å². The molecule has 1 atom stereocenters. The first-order valence-electron chi connectivity index (χ1n) is 6.24. The summed E-state index contributed by atoms with van der Waals surface area (Å²) in [6.45, 7) is 0. The van der Waals surface area contributed by atoms with Crippen LogP contribution in [0.3, 0.4) is 0 Å². The standard InChI is InChI=1S/C15H11FN2O3.Li/c16-10-7-4-8-11-12(10)14(19)18(13(17-11)15(20)21)9-5-2-1-3-6-9;/h1-8,13,17H,(H,20,21);/q;+1/p-1. The number of nitrogens with zero attached hydrogens (tertiary/aromatic N) is 1. The fraction of sp³-hybridized carbons (Fsp3) is 0.0667. The van der Waals surface area contributed by atoms with Crippen molar-refractivity contribution in [2.75, 3.05) is 10.2 Å². The van der Waals surface area contributed by atoms with Gasteiger partial charge in [-0.2, -0.15) is 0 Å². The summed E-state index contributed by atoms with van der Waals surface area (Å²) in [6.07, 6.45) is -1.39. The number of para-hydroxylation sites is 1. The number of hydrogen-bond donors (Lipinski definition) is 1. The molecule has 0 aromatic heterocycles. The quantitative estimate of drug-likeness (QED) is 0.649. The molecule has 7 heteroatoms. The first-order valence-corrected chi connectivity index (χ1v) is 6.24. The number of rotatable bonds is 2. The summed E-state index contributed by atoms with van der Waals surface area (Å²) in [7, 11) is 0. The average molecular weight is 292 g/mol. The second-order valence-corrected chi connectivity index (χ2v) is 4.54. The van der Waals surface area contributed by atoms with Crippen molar-refractivity contribution in [2.24, 2.45) is 0 Å². The minimum absolute atomic E-state index is 0. The fourth-order valence-corrected chi connectivity index (χ4v) is 2.33. The van der Waals surface area contributed by atoms with Crippen LogP contribution in [0.1, 0.15) is 10.4 Å². The van der Waals surface area contributed by atoms with Gasteiger partial charge in [-0.15, -0.1) is 0 Å². The molecule has 1 heterocycles. The third-order valence-corrected chi connectivity index (χ3v) is 3.25. The zero-order valence-corrected chi connectivity index (χ0v) is 11.7. The fourth-order valence-electron chi connectivity index (χ4n) is 2.33. The van der Waals surface area contributed by atoms with Crippen molar-refractivity contribution in [1.82, 2.24) is 0 Å². The molecule has 0 saturated heterocycles. The first-order chi connectivity index (χ1) is 10.1. The van der Waals surface area contributed by atoms with Crippen LogP contribution in [0.15, 0.2) is 48.5 Å². The molecule has 0 radical (unpaired) electrons. The molecule has 22 heavy (non-hydrogen) atoms. The Balaban J connectivity index is 0.00000176. The van der Waals surface area contributed by atoms with Crippen molar-refractivity contribution < 1.29 is 37.9 Å². The molecule has 5 nitrogen and oxygen atoms in total. The van der Waals surface area contributed by atoms with Gasteiger partial charge in [0, 0.05) is 5.69 Å². The third-order valence-electron chi connectivity index (χ3n) is 3.25. The minimum atomic E-state index is -1.47. The van der Waals surface area contributed by atoms with Gasteiger partial charge < -0.3 is 15.2 Å². The second-order valence-electron chi connectivity index (χ2n) is 4.54. The van der Waals surface area contributed by atoms with Gasteiger partial charge in [-0.3, -0.25) is 9.69 Å². The number of carbonyl (C=O) groups is 2. The molecule has 2 aromatic rings. The maximum Gasteiger partial charge on any atom is 1.00 e. The van der Waals surface area contributed by atoms with E-state index < -0.39 is 23.9 Å². The van der Waals surface area contributed by atoms with Gasteiger partial charge >= 0.3 is 18.9 Å². The van der Waals surface area contributed by atoms with Gasteiger partial charge in [0.25, 0.3) is 5.91 Å². The Kier molecular flexibility index (Phi) is 4.55. The molecular formula is C15H10FLiN2O3. The number of halogens is 1. The number of carboxylic acids is 1. The SMILES string of the molecule is O=C([O-])C1Nc2cccc(F)c2C(=O)N1c1ccccc1.[Li+]. The van der Waals surface area contributed by atoms with Crippen LogP contribution >= 0.6 is 0 Å². The Morgan fingerprint density at radius 3 is 2.45 bits per heavy atom. The largest absolute Gasteiger partial charge is 1.00 e. The summed E-state index contributed by atoms with van der Waals surface area (Å²) in [4.78, 5) is 24.8. The van der Waals surface area contributed by atoms with Crippen LogP contribution in [0.25, 0.3) is 0 Å². The number of carbonyl (C=O) groups excluding carboxylic acids is 2. The molecule has 0 aliphatic carbocycles. The molecule has 0 saturated carbocycles. The van der Waals surface area contributed by atoms with Crippen molar-refractivity contribution in [3.63, 3.8) is 0 Å². The Hall–Kier alpha value is -2.29. The van der Waals surface area contributed by atoms with Gasteiger partial charge in [-0.05, 0) is 24.3 Å². The van der Waals surface area contributed by atoms with Crippen LogP contribution in [0.2, 0.25) is 0 Å². The number of aliphatic carboxylic acids is 1. The van der Waals surface area contributed by atoms with Crippen molar-refractivity contribution in [1.29, 1.82) is 0 Å². The van der Waals surface area contributed by atoms with Crippen LogP contribution in [0, 0.1) is 5.82 Å². The van der Waals surface area contributed by atoms with Gasteiger partial charge in [0.1, 0.15) is 12.0 Å². The van der Waals surface area contributed by atoms with Gasteiger partial charge in [0.2, 0.25) is 0 Å². The Bertz CT molecular complexity index is 724. The molecule has 3 rings (SSSR count). The second kappa shape index (κ2) is 6.22. The Morgan fingerprint density at radius 1 is 1.14 bits per heavy atom. The topological polar surface area (TPSA) is 72.5 Å². The number of benzene rings is 2. The van der Waals surface area contributed by atoms with Crippen molar-refractivity contribution in [2.45, 2.75) is 6.17 Å². The molecule has 1 aliphatic rings. The van der Waals surface area contributed by atoms with E-state index in [4.69, 9.17) is 0 Å². The minimum Gasteiger partial charge on any atom is -0.546 e. The number of nitrogens with one attached hydrogen (secondary N) is 1. The van der Waals surface area contributed by atoms with Crippen LogP contribution in [-0.2, 0) is 4.79 Å². The van der Waals surface area contributed by atoms with Crippen LogP contribution in [0.5, 0.6) is 0 Å². The van der Waals surface area contributed by atoms with Gasteiger partial charge in [0.15, 0.2) is 0 Å². The zero-order chi connectivity index (χ0) is 15.0. The Labute approximate surface area is 137 Å². The zero-order valence-electron chi connectivity index (χ0n) is 11.7. The van der Waals surface area contributed by atoms with E-state index in [9.17, 15) is 19.1 Å².